The molecule has 0 atom stereocenters. The van der Waals surface area contributed by atoms with Gasteiger partial charge in [-0.25, -0.2) is 0 Å². The summed E-state index contributed by atoms with van der Waals surface area (Å²) >= 11 is 3.10. The van der Waals surface area contributed by atoms with E-state index in [9.17, 15) is 0 Å². The molecular formula is C26H25Br. The predicted molar refractivity (Wildman–Crippen MR) is 122 cm³/mol. The van der Waals surface area contributed by atoms with Gasteiger partial charge in [-0.15, -0.1) is 6.42 Å². The minimum Gasteiger partial charge on any atom is -0.115 e. The molecule has 0 amide bonds. The minimum atomic E-state index is 0.972. The maximum atomic E-state index is 5.27. The van der Waals surface area contributed by atoms with Crippen LogP contribution in [0.5, 0.6) is 0 Å². The summed E-state index contributed by atoms with van der Waals surface area (Å²) in [5.74, 6) is 5.60. The molecule has 27 heavy (non-hydrogen) atoms. The number of unbranched alkanes of at least 4 members (excludes halogenated alkanes) is 2. The molecular weight excluding hydrogens is 392 g/mol. The smallest absolute Gasteiger partial charge is 0.0260 e. The highest BCUT2D eigenvalue weighted by molar-refractivity contribution is 9.12. The topological polar surface area (TPSA) is 0 Å². The average molecular weight is 417 g/mol. The van der Waals surface area contributed by atoms with Crippen LogP contribution in [0, 0.1) is 30.0 Å². The highest BCUT2D eigenvalue weighted by Gasteiger charge is 1.94. The van der Waals surface area contributed by atoms with Gasteiger partial charge in [-0.05, 0) is 65.2 Å². The Bertz CT molecular complexity index is 963. The lowest BCUT2D eigenvalue weighted by atomic mass is 10.1. The summed E-state index contributed by atoms with van der Waals surface area (Å²) in [5.41, 5.74) is 4.70. The first kappa shape index (κ1) is 20.8. The quantitative estimate of drug-likeness (QED) is 0.310. The van der Waals surface area contributed by atoms with E-state index in [0.717, 1.165) is 11.1 Å². The van der Waals surface area contributed by atoms with Gasteiger partial charge in [-0.1, -0.05) is 73.6 Å². The first-order valence-electron chi connectivity index (χ1n) is 9.34. The molecule has 0 saturated carbocycles. The van der Waals surface area contributed by atoms with E-state index in [0.29, 0.717) is 0 Å². The first-order valence-corrected chi connectivity index (χ1v) is 10.1. The van der Waals surface area contributed by atoms with E-state index < -0.39 is 0 Å². The zero-order chi connectivity index (χ0) is 19.5. The van der Waals surface area contributed by atoms with Crippen LogP contribution in [0.4, 0.5) is 0 Å². The molecule has 3 aromatic carbocycles. The SMILES string of the molecule is C#Cc1ccc(CCCCC)cc1.Cc1ccc2cc(C#CBr)ccc2c1. The molecule has 0 saturated heterocycles. The van der Waals surface area contributed by atoms with Crippen LogP contribution >= 0.6 is 15.9 Å². The third kappa shape index (κ3) is 6.97. The molecule has 0 aliphatic heterocycles. The van der Waals surface area contributed by atoms with Crippen molar-refractivity contribution in [1.82, 2.24) is 0 Å². The highest BCUT2D eigenvalue weighted by Crippen LogP contribution is 2.17. The van der Waals surface area contributed by atoms with Crippen LogP contribution in [0.1, 0.15) is 48.4 Å². The molecule has 0 heterocycles. The average Bonchev–Trinajstić information content (AvgIpc) is 2.70. The van der Waals surface area contributed by atoms with Crippen molar-refractivity contribution in [3.8, 4) is 23.1 Å². The number of fused-ring (bicyclic) bond motifs is 1. The van der Waals surface area contributed by atoms with Gasteiger partial charge in [0.2, 0.25) is 0 Å². The van der Waals surface area contributed by atoms with Gasteiger partial charge in [0.05, 0.1) is 0 Å². The Morgan fingerprint density at radius 1 is 0.852 bits per heavy atom. The van der Waals surface area contributed by atoms with Crippen molar-refractivity contribution < 1.29 is 0 Å². The Labute approximate surface area is 172 Å². The van der Waals surface area contributed by atoms with Crippen molar-refractivity contribution in [2.45, 2.75) is 39.5 Å². The molecule has 136 valence electrons. The number of benzene rings is 3. The summed E-state index contributed by atoms with van der Waals surface area (Å²) in [7, 11) is 0. The molecule has 0 spiro atoms. The monoisotopic (exact) mass is 416 g/mol. The molecule has 0 aliphatic carbocycles. The molecule has 0 radical (unpaired) electrons. The Balaban J connectivity index is 0.000000194. The van der Waals surface area contributed by atoms with Crippen molar-refractivity contribution >= 4 is 26.7 Å². The van der Waals surface area contributed by atoms with E-state index in [1.54, 1.807) is 0 Å². The van der Waals surface area contributed by atoms with E-state index in [4.69, 9.17) is 6.42 Å². The van der Waals surface area contributed by atoms with Crippen LogP contribution in [0.2, 0.25) is 0 Å². The fourth-order valence-electron chi connectivity index (χ4n) is 2.84. The number of rotatable bonds is 4. The molecule has 0 aliphatic rings. The zero-order valence-electron chi connectivity index (χ0n) is 16.1. The Morgan fingerprint density at radius 2 is 1.52 bits per heavy atom. The van der Waals surface area contributed by atoms with Crippen LogP contribution in [-0.2, 0) is 6.42 Å². The zero-order valence-corrected chi connectivity index (χ0v) is 17.6. The lowest BCUT2D eigenvalue weighted by Gasteiger charge is -2.00. The fourth-order valence-corrected chi connectivity index (χ4v) is 3.07. The van der Waals surface area contributed by atoms with E-state index in [1.807, 2.05) is 18.2 Å². The van der Waals surface area contributed by atoms with Gasteiger partial charge in [-0.3, -0.25) is 0 Å². The van der Waals surface area contributed by atoms with Crippen LogP contribution in [0.25, 0.3) is 10.8 Å². The van der Waals surface area contributed by atoms with Crippen LogP contribution in [0.15, 0.2) is 60.7 Å². The van der Waals surface area contributed by atoms with Gasteiger partial charge in [0.1, 0.15) is 0 Å². The lowest BCUT2D eigenvalue weighted by Crippen LogP contribution is -1.85. The molecule has 0 bridgehead atoms. The number of halogens is 1. The van der Waals surface area contributed by atoms with Gasteiger partial charge in [0.15, 0.2) is 0 Å². The van der Waals surface area contributed by atoms with Crippen molar-refractivity contribution in [3.05, 3.63) is 82.9 Å². The normalized spacial score (nSPS) is 9.56. The van der Waals surface area contributed by atoms with Gasteiger partial charge >= 0.3 is 0 Å². The summed E-state index contributed by atoms with van der Waals surface area (Å²) in [6, 6.07) is 21.0. The van der Waals surface area contributed by atoms with Crippen molar-refractivity contribution in [2.75, 3.05) is 0 Å². The highest BCUT2D eigenvalue weighted by atomic mass is 79.9. The van der Waals surface area contributed by atoms with E-state index >= 15 is 0 Å². The Kier molecular flexibility index (Phi) is 8.70. The van der Waals surface area contributed by atoms with Crippen LogP contribution < -0.4 is 0 Å². The molecule has 0 aromatic heterocycles. The Morgan fingerprint density at radius 3 is 2.19 bits per heavy atom. The summed E-state index contributed by atoms with van der Waals surface area (Å²) < 4.78 is 0. The summed E-state index contributed by atoms with van der Waals surface area (Å²) in [4.78, 5) is 2.72. The van der Waals surface area contributed by atoms with Crippen molar-refractivity contribution in [1.29, 1.82) is 0 Å². The van der Waals surface area contributed by atoms with Crippen LogP contribution in [-0.4, -0.2) is 0 Å². The van der Waals surface area contributed by atoms with Crippen molar-refractivity contribution in [2.24, 2.45) is 0 Å². The molecule has 0 N–H and O–H groups in total. The largest absolute Gasteiger partial charge is 0.115 e. The van der Waals surface area contributed by atoms with E-state index in [-0.39, 0.29) is 0 Å². The minimum absolute atomic E-state index is 0.972. The molecule has 0 fully saturated rings. The lowest BCUT2D eigenvalue weighted by molar-refractivity contribution is 0.717. The van der Waals surface area contributed by atoms with Gasteiger partial charge < -0.3 is 0 Å². The second-order valence-corrected chi connectivity index (χ2v) is 6.98. The predicted octanol–water partition coefficient (Wildman–Crippen LogP) is 7.25. The Hall–Kier alpha value is -2.48. The fraction of sp³-hybridized carbons (Fsp3) is 0.231. The third-order valence-electron chi connectivity index (χ3n) is 4.38. The summed E-state index contributed by atoms with van der Waals surface area (Å²) in [6.07, 6.45) is 10.3. The number of hydrogen-bond acceptors (Lipinski definition) is 0. The summed E-state index contributed by atoms with van der Waals surface area (Å²) in [6.45, 7) is 4.33. The second-order valence-electron chi connectivity index (χ2n) is 6.58. The number of terminal acetylenes is 1. The molecule has 3 rings (SSSR count). The first-order chi connectivity index (χ1) is 13.2. The van der Waals surface area contributed by atoms with Gasteiger partial charge in [0.25, 0.3) is 0 Å². The molecule has 3 aromatic rings. The summed E-state index contributed by atoms with van der Waals surface area (Å²) in [5, 5.41) is 2.51. The molecule has 1 heteroatoms. The van der Waals surface area contributed by atoms with Crippen molar-refractivity contribution in [3.63, 3.8) is 0 Å². The van der Waals surface area contributed by atoms with Gasteiger partial charge in [0, 0.05) is 27.1 Å². The molecule has 0 unspecified atom stereocenters. The maximum absolute atomic E-state index is 5.27. The maximum Gasteiger partial charge on any atom is 0.0260 e. The number of hydrogen-bond donors (Lipinski definition) is 0. The standard InChI is InChI=1S/C13H9Br.C13H16/c1-10-2-4-13-9-11(6-7-14)3-5-12(13)8-10;1-3-5-6-7-13-10-8-12(4-2)9-11-13/h2-5,8-9H,1H3;2,8-11H,3,5-7H2,1H3. The third-order valence-corrected chi connectivity index (χ3v) is 4.58. The van der Waals surface area contributed by atoms with E-state index in [2.05, 4.69) is 88.9 Å². The second kappa shape index (κ2) is 11.3. The number of aryl methyl sites for hydroxylation is 2. The van der Waals surface area contributed by atoms with Gasteiger partial charge in [-0.2, -0.15) is 0 Å². The molecule has 0 nitrogen and oxygen atoms in total. The van der Waals surface area contributed by atoms with E-state index in [1.165, 1.54) is 47.6 Å². The van der Waals surface area contributed by atoms with Crippen LogP contribution in [0.3, 0.4) is 0 Å².